The molecule has 0 bridgehead atoms. The van der Waals surface area contributed by atoms with Crippen LogP contribution in [-0.2, 0) is 0 Å². The molecule has 0 aromatic rings. The van der Waals surface area contributed by atoms with Crippen molar-refractivity contribution in [2.24, 2.45) is 5.73 Å². The largest absolute Gasteiger partial charge is 0.404 e. The topological polar surface area (TPSA) is 53.1 Å². The molecule has 1 rings (SSSR count). The summed E-state index contributed by atoms with van der Waals surface area (Å²) in [5, 5.41) is 7.32. The van der Waals surface area contributed by atoms with Gasteiger partial charge in [0.25, 0.3) is 0 Å². The molecule has 0 radical (unpaired) electrons. The molecule has 1 aliphatic rings. The average Bonchev–Trinajstić information content (AvgIpc) is 1.83. The molecule has 11 heavy (non-hydrogen) atoms. The summed E-state index contributed by atoms with van der Waals surface area (Å²) in [6.07, 6.45) is 2.74. The molecule has 0 amide bonds. The standard InChI is InChI=1S/C7H12FN3/c1-7(8)4-11(5-7)6(10)2-3-9/h2-3,10H,4-5,9H2,1H3/b3-2-,10-6?. The Labute approximate surface area is 65.2 Å². The van der Waals surface area contributed by atoms with Crippen LogP contribution in [0, 0.1) is 5.41 Å². The van der Waals surface area contributed by atoms with E-state index >= 15 is 0 Å². The molecule has 3 N–H and O–H groups in total. The van der Waals surface area contributed by atoms with Gasteiger partial charge in [-0.05, 0) is 19.2 Å². The Hall–Kier alpha value is -1.06. The minimum Gasteiger partial charge on any atom is -0.404 e. The molecular formula is C7H12FN3. The minimum absolute atomic E-state index is 0.280. The Bertz CT molecular complexity index is 190. The SMILES string of the molecule is CC1(F)CN(C(=N)/C=C\N)C1. The molecule has 1 saturated heterocycles. The van der Waals surface area contributed by atoms with Crippen LogP contribution in [0.3, 0.4) is 0 Å². The lowest BCUT2D eigenvalue weighted by Gasteiger charge is -2.43. The van der Waals surface area contributed by atoms with Gasteiger partial charge in [0.05, 0.1) is 13.1 Å². The van der Waals surface area contributed by atoms with Crippen LogP contribution >= 0.6 is 0 Å². The van der Waals surface area contributed by atoms with Gasteiger partial charge in [-0.3, -0.25) is 5.41 Å². The number of likely N-dealkylation sites (tertiary alicyclic amines) is 1. The van der Waals surface area contributed by atoms with Gasteiger partial charge >= 0.3 is 0 Å². The van der Waals surface area contributed by atoms with E-state index < -0.39 is 5.67 Å². The lowest BCUT2D eigenvalue weighted by Crippen LogP contribution is -2.58. The number of hydrogen-bond acceptors (Lipinski definition) is 2. The lowest BCUT2D eigenvalue weighted by molar-refractivity contribution is 0.0307. The molecule has 0 aromatic heterocycles. The molecule has 1 heterocycles. The van der Waals surface area contributed by atoms with Crippen molar-refractivity contribution in [3.63, 3.8) is 0 Å². The van der Waals surface area contributed by atoms with Crippen molar-refractivity contribution < 1.29 is 4.39 Å². The first-order valence-corrected chi connectivity index (χ1v) is 3.46. The van der Waals surface area contributed by atoms with Crippen molar-refractivity contribution in [2.45, 2.75) is 12.6 Å². The van der Waals surface area contributed by atoms with Gasteiger partial charge in [0.1, 0.15) is 11.5 Å². The van der Waals surface area contributed by atoms with Crippen molar-refractivity contribution in [1.82, 2.24) is 4.90 Å². The van der Waals surface area contributed by atoms with Gasteiger partial charge in [0.2, 0.25) is 0 Å². The van der Waals surface area contributed by atoms with E-state index in [0.717, 1.165) is 0 Å². The smallest absolute Gasteiger partial charge is 0.143 e. The van der Waals surface area contributed by atoms with E-state index in [4.69, 9.17) is 11.1 Å². The average molecular weight is 157 g/mol. The second-order valence-electron chi connectivity index (χ2n) is 3.01. The summed E-state index contributed by atoms with van der Waals surface area (Å²) in [4.78, 5) is 1.63. The Balaban J connectivity index is 2.38. The van der Waals surface area contributed by atoms with Gasteiger partial charge in [0, 0.05) is 0 Å². The number of nitrogens with one attached hydrogen (secondary N) is 1. The van der Waals surface area contributed by atoms with Crippen molar-refractivity contribution >= 4 is 5.84 Å². The number of alkyl halides is 1. The minimum atomic E-state index is -1.12. The number of nitrogens with zero attached hydrogens (tertiary/aromatic N) is 1. The van der Waals surface area contributed by atoms with Crippen LogP contribution in [0.15, 0.2) is 12.3 Å². The van der Waals surface area contributed by atoms with Gasteiger partial charge in [-0.1, -0.05) is 0 Å². The summed E-state index contributed by atoms with van der Waals surface area (Å²) in [5.74, 6) is 0.280. The first kappa shape index (κ1) is 8.04. The molecule has 1 aliphatic heterocycles. The number of halogens is 1. The lowest BCUT2D eigenvalue weighted by atomic mass is 9.99. The predicted molar refractivity (Wildman–Crippen MR) is 42.1 cm³/mol. The Morgan fingerprint density at radius 3 is 2.64 bits per heavy atom. The summed E-state index contributed by atoms with van der Waals surface area (Å²) in [5.41, 5.74) is 3.96. The highest BCUT2D eigenvalue weighted by molar-refractivity contribution is 5.90. The number of hydrogen-bond donors (Lipinski definition) is 2. The second kappa shape index (κ2) is 2.53. The van der Waals surface area contributed by atoms with Crippen LogP contribution in [0.5, 0.6) is 0 Å². The highest BCUT2D eigenvalue weighted by Crippen LogP contribution is 2.24. The van der Waals surface area contributed by atoms with Crippen molar-refractivity contribution in [3.8, 4) is 0 Å². The second-order valence-corrected chi connectivity index (χ2v) is 3.01. The molecule has 0 spiro atoms. The third-order valence-electron chi connectivity index (χ3n) is 1.64. The Kier molecular flexibility index (Phi) is 1.85. The summed E-state index contributed by atoms with van der Waals surface area (Å²) >= 11 is 0. The van der Waals surface area contributed by atoms with E-state index in [-0.39, 0.29) is 5.84 Å². The molecule has 0 saturated carbocycles. The van der Waals surface area contributed by atoms with Gasteiger partial charge < -0.3 is 10.6 Å². The molecule has 4 heteroatoms. The van der Waals surface area contributed by atoms with Crippen LogP contribution in [0.25, 0.3) is 0 Å². The Morgan fingerprint density at radius 1 is 1.73 bits per heavy atom. The summed E-state index contributed by atoms with van der Waals surface area (Å²) < 4.78 is 12.9. The van der Waals surface area contributed by atoms with Crippen LogP contribution < -0.4 is 5.73 Å². The van der Waals surface area contributed by atoms with E-state index in [1.165, 1.54) is 19.2 Å². The van der Waals surface area contributed by atoms with Crippen LogP contribution in [0.2, 0.25) is 0 Å². The maximum atomic E-state index is 12.9. The monoisotopic (exact) mass is 157 g/mol. The van der Waals surface area contributed by atoms with Crippen molar-refractivity contribution in [3.05, 3.63) is 12.3 Å². The molecule has 62 valence electrons. The summed E-state index contributed by atoms with van der Waals surface area (Å²) in [7, 11) is 0. The first-order valence-electron chi connectivity index (χ1n) is 3.46. The highest BCUT2D eigenvalue weighted by atomic mass is 19.1. The van der Waals surface area contributed by atoms with Crippen LogP contribution in [-0.4, -0.2) is 29.5 Å². The molecule has 3 nitrogen and oxygen atoms in total. The van der Waals surface area contributed by atoms with Gasteiger partial charge in [-0.15, -0.1) is 0 Å². The highest BCUT2D eigenvalue weighted by Gasteiger charge is 2.39. The predicted octanol–water partition coefficient (Wildman–Crippen LogP) is 0.480. The molecule has 0 unspecified atom stereocenters. The fourth-order valence-electron chi connectivity index (χ4n) is 1.12. The number of amidine groups is 1. The zero-order valence-corrected chi connectivity index (χ0v) is 6.47. The first-order chi connectivity index (χ1) is 5.05. The fraction of sp³-hybridized carbons (Fsp3) is 0.571. The maximum Gasteiger partial charge on any atom is 0.143 e. The van der Waals surface area contributed by atoms with Crippen molar-refractivity contribution in [2.75, 3.05) is 13.1 Å². The van der Waals surface area contributed by atoms with Gasteiger partial charge in [0.15, 0.2) is 0 Å². The van der Waals surface area contributed by atoms with E-state index in [9.17, 15) is 4.39 Å². The van der Waals surface area contributed by atoms with Gasteiger partial charge in [-0.2, -0.15) is 0 Å². The quantitative estimate of drug-likeness (QED) is 0.429. The number of rotatable bonds is 1. The summed E-state index contributed by atoms with van der Waals surface area (Å²) in [6, 6.07) is 0. The Morgan fingerprint density at radius 2 is 2.27 bits per heavy atom. The molecule has 1 fully saturated rings. The van der Waals surface area contributed by atoms with Crippen LogP contribution in [0.1, 0.15) is 6.92 Å². The molecule has 0 atom stereocenters. The fourth-order valence-corrected chi connectivity index (χ4v) is 1.12. The zero-order valence-electron chi connectivity index (χ0n) is 6.47. The van der Waals surface area contributed by atoms with E-state index in [1.54, 1.807) is 4.90 Å². The zero-order chi connectivity index (χ0) is 8.48. The molecular weight excluding hydrogens is 145 g/mol. The molecule has 0 aliphatic carbocycles. The van der Waals surface area contributed by atoms with Crippen LogP contribution in [0.4, 0.5) is 4.39 Å². The van der Waals surface area contributed by atoms with Gasteiger partial charge in [-0.25, -0.2) is 4.39 Å². The molecule has 0 aromatic carbocycles. The van der Waals surface area contributed by atoms with E-state index in [1.807, 2.05) is 0 Å². The maximum absolute atomic E-state index is 12.9. The number of nitrogens with two attached hydrogens (primary N) is 1. The summed E-state index contributed by atoms with van der Waals surface area (Å²) in [6.45, 7) is 2.13. The third kappa shape index (κ3) is 1.69. The normalized spacial score (nSPS) is 21.8. The van der Waals surface area contributed by atoms with Crippen molar-refractivity contribution in [1.29, 1.82) is 5.41 Å². The van der Waals surface area contributed by atoms with E-state index in [0.29, 0.717) is 13.1 Å². The van der Waals surface area contributed by atoms with E-state index in [2.05, 4.69) is 0 Å². The third-order valence-corrected chi connectivity index (χ3v) is 1.64.